The largest absolute Gasteiger partial charge is 0.376 e. The van der Waals surface area contributed by atoms with E-state index in [1.54, 1.807) is 5.38 Å². The molecule has 0 saturated carbocycles. The van der Waals surface area contributed by atoms with Crippen LogP contribution >= 0.6 is 11.3 Å². The minimum atomic E-state index is -0.184. The number of nitrogen functional groups attached to an aromatic ring is 1. The van der Waals surface area contributed by atoms with Gasteiger partial charge in [-0.2, -0.15) is 0 Å². The summed E-state index contributed by atoms with van der Waals surface area (Å²) >= 11 is 1.27. The second kappa shape index (κ2) is 4.80. The smallest absolute Gasteiger partial charge is 0.271 e. The third kappa shape index (κ3) is 2.51. The highest BCUT2D eigenvalue weighted by atomic mass is 32.1. The summed E-state index contributed by atoms with van der Waals surface area (Å²) in [5.41, 5.74) is 5.85. The minimum Gasteiger partial charge on any atom is -0.376 e. The number of hydrogen-bond acceptors (Lipinski definition) is 5. The van der Waals surface area contributed by atoms with E-state index in [1.807, 2.05) is 6.92 Å². The third-order valence-electron chi connectivity index (χ3n) is 2.64. The SMILES string of the molecule is CC(NC(=O)c1csc(N)n1)C1CCCO1. The Morgan fingerprint density at radius 2 is 2.62 bits per heavy atom. The van der Waals surface area contributed by atoms with Crippen molar-refractivity contribution in [2.24, 2.45) is 0 Å². The normalized spacial score (nSPS) is 21.9. The van der Waals surface area contributed by atoms with Gasteiger partial charge in [0.25, 0.3) is 5.91 Å². The standard InChI is InChI=1S/C10H15N3O2S/c1-6(8-3-2-4-15-8)12-9(14)7-5-16-10(11)13-7/h5-6,8H,2-4H2,1H3,(H2,11,13)(H,12,14). The van der Waals surface area contributed by atoms with Crippen LogP contribution in [0.15, 0.2) is 5.38 Å². The molecule has 6 heteroatoms. The van der Waals surface area contributed by atoms with Gasteiger partial charge in [0.05, 0.1) is 12.1 Å². The first-order valence-electron chi connectivity index (χ1n) is 5.30. The summed E-state index contributed by atoms with van der Waals surface area (Å²) in [5.74, 6) is -0.184. The van der Waals surface area contributed by atoms with Gasteiger partial charge in [-0.15, -0.1) is 11.3 Å². The van der Waals surface area contributed by atoms with Crippen LogP contribution in [0.5, 0.6) is 0 Å². The first-order valence-corrected chi connectivity index (χ1v) is 6.18. The van der Waals surface area contributed by atoms with Crippen LogP contribution in [0.1, 0.15) is 30.3 Å². The number of nitrogens with two attached hydrogens (primary N) is 1. The molecule has 1 aliphatic heterocycles. The summed E-state index contributed by atoms with van der Waals surface area (Å²) in [6, 6.07) is 0.0120. The Morgan fingerprint density at radius 3 is 3.19 bits per heavy atom. The maximum absolute atomic E-state index is 11.7. The molecule has 1 aromatic heterocycles. The molecule has 88 valence electrons. The van der Waals surface area contributed by atoms with E-state index in [0.717, 1.165) is 19.4 Å². The highest BCUT2D eigenvalue weighted by molar-refractivity contribution is 7.13. The molecule has 1 amide bonds. The number of carbonyl (C=O) groups excluding carboxylic acids is 1. The average Bonchev–Trinajstić information content (AvgIpc) is 2.87. The summed E-state index contributed by atoms with van der Waals surface area (Å²) in [7, 11) is 0. The lowest BCUT2D eigenvalue weighted by molar-refractivity contribution is 0.0710. The molecule has 1 saturated heterocycles. The van der Waals surface area contributed by atoms with Gasteiger partial charge in [0.15, 0.2) is 5.13 Å². The van der Waals surface area contributed by atoms with Gasteiger partial charge < -0.3 is 15.8 Å². The molecule has 16 heavy (non-hydrogen) atoms. The van der Waals surface area contributed by atoms with Crippen molar-refractivity contribution in [3.05, 3.63) is 11.1 Å². The molecule has 1 fully saturated rings. The molecule has 1 aromatic rings. The van der Waals surface area contributed by atoms with Gasteiger partial charge in [-0.25, -0.2) is 4.98 Å². The number of thiazole rings is 1. The van der Waals surface area contributed by atoms with Crippen molar-refractivity contribution in [2.75, 3.05) is 12.3 Å². The second-order valence-electron chi connectivity index (χ2n) is 3.88. The molecule has 1 aliphatic rings. The zero-order valence-electron chi connectivity index (χ0n) is 9.10. The lowest BCUT2D eigenvalue weighted by Crippen LogP contribution is -2.40. The highest BCUT2D eigenvalue weighted by Gasteiger charge is 2.24. The molecule has 3 N–H and O–H groups in total. The van der Waals surface area contributed by atoms with E-state index < -0.39 is 0 Å². The number of rotatable bonds is 3. The number of amides is 1. The molecule has 2 heterocycles. The van der Waals surface area contributed by atoms with Crippen LogP contribution in [0.3, 0.4) is 0 Å². The number of aromatic nitrogens is 1. The number of nitrogens with one attached hydrogen (secondary N) is 1. The van der Waals surface area contributed by atoms with Crippen molar-refractivity contribution in [2.45, 2.75) is 31.9 Å². The predicted molar refractivity (Wildman–Crippen MR) is 62.4 cm³/mol. The molecule has 0 radical (unpaired) electrons. The van der Waals surface area contributed by atoms with E-state index in [2.05, 4.69) is 10.3 Å². The van der Waals surface area contributed by atoms with E-state index in [0.29, 0.717) is 10.8 Å². The zero-order chi connectivity index (χ0) is 11.5. The monoisotopic (exact) mass is 241 g/mol. The van der Waals surface area contributed by atoms with Crippen LogP contribution in [0.25, 0.3) is 0 Å². The first-order chi connectivity index (χ1) is 7.66. The van der Waals surface area contributed by atoms with Crippen LogP contribution in [0.2, 0.25) is 0 Å². The first kappa shape index (κ1) is 11.3. The van der Waals surface area contributed by atoms with Gasteiger partial charge in [-0.05, 0) is 19.8 Å². The van der Waals surface area contributed by atoms with Crippen LogP contribution in [-0.2, 0) is 4.74 Å². The van der Waals surface area contributed by atoms with Crippen LogP contribution in [0, 0.1) is 0 Å². The summed E-state index contributed by atoms with van der Waals surface area (Å²) in [6.07, 6.45) is 2.19. The van der Waals surface area contributed by atoms with E-state index in [9.17, 15) is 4.79 Å². The van der Waals surface area contributed by atoms with Crippen molar-refractivity contribution >= 4 is 22.4 Å². The zero-order valence-corrected chi connectivity index (χ0v) is 9.92. The summed E-state index contributed by atoms with van der Waals surface area (Å²) in [5, 5.41) is 4.95. The Bertz CT molecular complexity index is 374. The predicted octanol–water partition coefficient (Wildman–Crippen LogP) is 1.02. The Hall–Kier alpha value is -1.14. The van der Waals surface area contributed by atoms with Crippen molar-refractivity contribution < 1.29 is 9.53 Å². The Labute approximate surface area is 98.0 Å². The molecule has 0 bridgehead atoms. The fourth-order valence-electron chi connectivity index (χ4n) is 1.76. The lowest BCUT2D eigenvalue weighted by Gasteiger charge is -2.19. The van der Waals surface area contributed by atoms with Gasteiger partial charge in [0.1, 0.15) is 5.69 Å². The Kier molecular flexibility index (Phi) is 3.40. The van der Waals surface area contributed by atoms with Crippen molar-refractivity contribution in [3.63, 3.8) is 0 Å². The van der Waals surface area contributed by atoms with Gasteiger partial charge in [-0.3, -0.25) is 4.79 Å². The number of nitrogens with zero attached hydrogens (tertiary/aromatic N) is 1. The molecule has 5 nitrogen and oxygen atoms in total. The number of ether oxygens (including phenoxy) is 1. The molecular weight excluding hydrogens is 226 g/mol. The van der Waals surface area contributed by atoms with Crippen molar-refractivity contribution in [1.29, 1.82) is 0 Å². The van der Waals surface area contributed by atoms with Crippen LogP contribution < -0.4 is 11.1 Å². The van der Waals surface area contributed by atoms with Gasteiger partial charge in [-0.1, -0.05) is 0 Å². The number of anilines is 1. The quantitative estimate of drug-likeness (QED) is 0.828. The van der Waals surface area contributed by atoms with E-state index in [1.165, 1.54) is 11.3 Å². The topological polar surface area (TPSA) is 77.2 Å². The maximum Gasteiger partial charge on any atom is 0.271 e. The average molecular weight is 241 g/mol. The summed E-state index contributed by atoms with van der Waals surface area (Å²) in [6.45, 7) is 2.73. The lowest BCUT2D eigenvalue weighted by atomic mass is 10.1. The Balaban J connectivity index is 1.91. The highest BCUT2D eigenvalue weighted by Crippen LogP contribution is 2.16. The van der Waals surface area contributed by atoms with E-state index in [4.69, 9.17) is 10.5 Å². The summed E-state index contributed by atoms with van der Waals surface area (Å²) < 4.78 is 5.50. The van der Waals surface area contributed by atoms with E-state index >= 15 is 0 Å². The molecule has 2 unspecified atom stereocenters. The second-order valence-corrected chi connectivity index (χ2v) is 4.77. The fourth-order valence-corrected chi connectivity index (χ4v) is 2.31. The minimum absolute atomic E-state index is 0.0120. The number of hydrogen-bond donors (Lipinski definition) is 2. The maximum atomic E-state index is 11.7. The number of carbonyl (C=O) groups is 1. The molecule has 2 rings (SSSR count). The molecule has 0 aromatic carbocycles. The van der Waals surface area contributed by atoms with Crippen LogP contribution in [-0.4, -0.2) is 29.6 Å². The molecular formula is C10H15N3O2S. The van der Waals surface area contributed by atoms with Gasteiger partial charge in [0, 0.05) is 12.0 Å². The van der Waals surface area contributed by atoms with Crippen molar-refractivity contribution in [3.8, 4) is 0 Å². The molecule has 2 atom stereocenters. The van der Waals surface area contributed by atoms with Crippen molar-refractivity contribution in [1.82, 2.24) is 10.3 Å². The molecule has 0 spiro atoms. The third-order valence-corrected chi connectivity index (χ3v) is 3.31. The Morgan fingerprint density at radius 1 is 1.81 bits per heavy atom. The molecule has 0 aliphatic carbocycles. The van der Waals surface area contributed by atoms with E-state index in [-0.39, 0.29) is 18.1 Å². The van der Waals surface area contributed by atoms with Gasteiger partial charge >= 0.3 is 0 Å². The fraction of sp³-hybridized carbons (Fsp3) is 0.600. The summed E-state index contributed by atoms with van der Waals surface area (Å²) in [4.78, 5) is 15.7. The van der Waals surface area contributed by atoms with Gasteiger partial charge in [0.2, 0.25) is 0 Å². The van der Waals surface area contributed by atoms with Crippen LogP contribution in [0.4, 0.5) is 5.13 Å².